The molecular weight excluding hydrogens is 519 g/mol. The highest BCUT2D eigenvalue weighted by Crippen LogP contribution is 2.36. The lowest BCUT2D eigenvalue weighted by Crippen LogP contribution is -2.17. The minimum absolute atomic E-state index is 0.0471. The summed E-state index contributed by atoms with van der Waals surface area (Å²) in [6.07, 6.45) is 4.39. The number of esters is 2. The van der Waals surface area contributed by atoms with Gasteiger partial charge in [-0.3, -0.25) is 14.8 Å². The van der Waals surface area contributed by atoms with Gasteiger partial charge in [-0.15, -0.1) is 0 Å². The highest BCUT2D eigenvalue weighted by atomic mass is 79.9. The van der Waals surface area contributed by atoms with E-state index >= 15 is 0 Å². The highest BCUT2D eigenvalue weighted by molar-refractivity contribution is 9.10. The SMILES string of the molecule is CC(C)C(=O)Oc1c(C=Nc2ccc(Cl)cc2Cl)cc(Br)cc1OC(=O)c1cccnc1. The Morgan fingerprint density at radius 2 is 1.91 bits per heavy atom. The fourth-order valence-electron chi connectivity index (χ4n) is 2.46. The van der Waals surface area contributed by atoms with Gasteiger partial charge in [-0.25, -0.2) is 4.79 Å². The second-order valence-electron chi connectivity index (χ2n) is 6.88. The topological polar surface area (TPSA) is 77.9 Å². The number of benzene rings is 2. The molecule has 0 fully saturated rings. The molecule has 0 unspecified atom stereocenters. The first-order valence-corrected chi connectivity index (χ1v) is 11.0. The minimum Gasteiger partial charge on any atom is -0.422 e. The number of pyridine rings is 1. The molecule has 0 N–H and O–H groups in total. The molecule has 0 aliphatic heterocycles. The van der Waals surface area contributed by atoms with Crippen molar-refractivity contribution in [3.8, 4) is 11.5 Å². The number of ether oxygens (including phenoxy) is 2. The molecule has 1 aromatic heterocycles. The van der Waals surface area contributed by atoms with E-state index in [0.29, 0.717) is 25.8 Å². The van der Waals surface area contributed by atoms with E-state index in [-0.39, 0.29) is 17.1 Å². The summed E-state index contributed by atoms with van der Waals surface area (Å²) >= 11 is 15.5. The molecule has 6 nitrogen and oxygen atoms in total. The van der Waals surface area contributed by atoms with Crippen LogP contribution < -0.4 is 9.47 Å². The maximum absolute atomic E-state index is 12.6. The summed E-state index contributed by atoms with van der Waals surface area (Å²) < 4.78 is 11.7. The third kappa shape index (κ3) is 6.16. The van der Waals surface area contributed by atoms with Crippen molar-refractivity contribution in [3.63, 3.8) is 0 Å². The van der Waals surface area contributed by atoms with Crippen molar-refractivity contribution in [3.05, 3.63) is 80.5 Å². The Morgan fingerprint density at radius 1 is 1.12 bits per heavy atom. The molecule has 3 rings (SSSR count). The number of aromatic nitrogens is 1. The van der Waals surface area contributed by atoms with Gasteiger partial charge < -0.3 is 9.47 Å². The molecule has 0 spiro atoms. The van der Waals surface area contributed by atoms with Gasteiger partial charge in [-0.05, 0) is 42.5 Å². The molecule has 32 heavy (non-hydrogen) atoms. The van der Waals surface area contributed by atoms with Crippen molar-refractivity contribution >= 4 is 63.0 Å². The molecule has 0 amide bonds. The molecule has 1 heterocycles. The van der Waals surface area contributed by atoms with Crippen molar-refractivity contribution in [1.29, 1.82) is 0 Å². The van der Waals surface area contributed by atoms with Crippen molar-refractivity contribution in [2.75, 3.05) is 0 Å². The van der Waals surface area contributed by atoms with Crippen LogP contribution in [0.1, 0.15) is 29.8 Å². The zero-order valence-corrected chi connectivity index (χ0v) is 20.1. The van der Waals surface area contributed by atoms with Crippen molar-refractivity contribution in [1.82, 2.24) is 4.98 Å². The third-order valence-corrected chi connectivity index (χ3v) is 5.07. The maximum atomic E-state index is 12.6. The molecule has 0 radical (unpaired) electrons. The average molecular weight is 536 g/mol. The molecule has 0 aliphatic rings. The quantitative estimate of drug-likeness (QED) is 0.200. The fourth-order valence-corrected chi connectivity index (χ4v) is 3.37. The summed E-state index contributed by atoms with van der Waals surface area (Å²) in [5, 5.41) is 0.834. The second kappa shape index (κ2) is 10.7. The summed E-state index contributed by atoms with van der Waals surface area (Å²) in [5.41, 5.74) is 1.11. The summed E-state index contributed by atoms with van der Waals surface area (Å²) in [4.78, 5) is 33.2. The Bertz CT molecular complexity index is 1180. The molecule has 0 saturated carbocycles. The number of aliphatic imine (C=N–C) groups is 1. The molecule has 9 heteroatoms. The van der Waals surface area contributed by atoms with Crippen LogP contribution in [0, 0.1) is 5.92 Å². The van der Waals surface area contributed by atoms with E-state index in [4.69, 9.17) is 32.7 Å². The van der Waals surface area contributed by atoms with Gasteiger partial charge in [-0.1, -0.05) is 53.0 Å². The van der Waals surface area contributed by atoms with Crippen LogP contribution in [0.3, 0.4) is 0 Å². The van der Waals surface area contributed by atoms with Crippen LogP contribution in [0.5, 0.6) is 11.5 Å². The molecule has 0 aliphatic carbocycles. The number of carbonyl (C=O) groups is 2. The third-order valence-electron chi connectivity index (χ3n) is 4.07. The zero-order chi connectivity index (χ0) is 23.3. The average Bonchev–Trinajstić information content (AvgIpc) is 2.75. The van der Waals surface area contributed by atoms with Crippen LogP contribution in [-0.2, 0) is 4.79 Å². The van der Waals surface area contributed by atoms with E-state index < -0.39 is 17.9 Å². The summed E-state index contributed by atoms with van der Waals surface area (Å²) in [6, 6.07) is 11.3. The molecule has 2 aromatic carbocycles. The molecular formula is C23H17BrCl2N2O4. The molecule has 3 aromatic rings. The lowest BCUT2D eigenvalue weighted by molar-refractivity contribution is -0.137. The van der Waals surface area contributed by atoms with Gasteiger partial charge in [0.2, 0.25) is 0 Å². The van der Waals surface area contributed by atoms with Crippen molar-refractivity contribution < 1.29 is 19.1 Å². The first-order valence-electron chi connectivity index (χ1n) is 9.41. The highest BCUT2D eigenvalue weighted by Gasteiger charge is 2.21. The fraction of sp³-hybridized carbons (Fsp3) is 0.130. The number of carbonyl (C=O) groups excluding carboxylic acids is 2. The summed E-state index contributed by atoms with van der Waals surface area (Å²) in [7, 11) is 0. The lowest BCUT2D eigenvalue weighted by atomic mass is 10.2. The van der Waals surface area contributed by atoms with Crippen molar-refractivity contribution in [2.24, 2.45) is 10.9 Å². The second-order valence-corrected chi connectivity index (χ2v) is 8.64. The monoisotopic (exact) mass is 534 g/mol. The van der Waals surface area contributed by atoms with Crippen LogP contribution in [0.4, 0.5) is 5.69 Å². The van der Waals surface area contributed by atoms with Crippen LogP contribution in [0.25, 0.3) is 0 Å². The molecule has 164 valence electrons. The Hall–Kier alpha value is -2.74. The Balaban J connectivity index is 2.04. The number of nitrogens with zero attached hydrogens (tertiary/aromatic N) is 2. The standard InChI is InChI=1S/C23H17BrCl2N2O4/c1-13(2)22(29)32-21-15(12-28-19-6-5-17(25)10-18(19)26)8-16(24)9-20(21)31-23(30)14-4-3-7-27-11-14/h3-13H,1-2H3. The number of hydrogen-bond donors (Lipinski definition) is 0. The molecule has 0 atom stereocenters. The Kier molecular flexibility index (Phi) is 8.01. The van der Waals surface area contributed by atoms with Crippen LogP contribution in [0.2, 0.25) is 10.0 Å². The van der Waals surface area contributed by atoms with Crippen LogP contribution >= 0.6 is 39.1 Å². The number of hydrogen-bond acceptors (Lipinski definition) is 6. The summed E-state index contributed by atoms with van der Waals surface area (Å²) in [5.74, 6) is -1.45. The number of halogens is 3. The number of rotatable bonds is 6. The van der Waals surface area contributed by atoms with Gasteiger partial charge in [0.05, 0.1) is 22.2 Å². The predicted molar refractivity (Wildman–Crippen MR) is 128 cm³/mol. The van der Waals surface area contributed by atoms with Gasteiger partial charge in [0.1, 0.15) is 0 Å². The molecule has 0 saturated heterocycles. The Morgan fingerprint density at radius 3 is 2.56 bits per heavy atom. The van der Waals surface area contributed by atoms with Crippen LogP contribution in [-0.4, -0.2) is 23.1 Å². The summed E-state index contributed by atoms with van der Waals surface area (Å²) in [6.45, 7) is 3.40. The van der Waals surface area contributed by atoms with E-state index in [1.807, 2.05) is 0 Å². The maximum Gasteiger partial charge on any atom is 0.345 e. The van der Waals surface area contributed by atoms with E-state index in [2.05, 4.69) is 25.9 Å². The van der Waals surface area contributed by atoms with Gasteiger partial charge >= 0.3 is 11.9 Å². The normalized spacial score (nSPS) is 11.1. The first-order chi connectivity index (χ1) is 15.2. The van der Waals surface area contributed by atoms with Gasteiger partial charge in [0, 0.05) is 33.7 Å². The van der Waals surface area contributed by atoms with Gasteiger partial charge in [-0.2, -0.15) is 0 Å². The Labute approximate surface area is 203 Å². The minimum atomic E-state index is -0.651. The predicted octanol–water partition coefficient (Wildman–Crippen LogP) is 6.68. The smallest absolute Gasteiger partial charge is 0.345 e. The van der Waals surface area contributed by atoms with Gasteiger partial charge in [0.15, 0.2) is 11.5 Å². The lowest BCUT2D eigenvalue weighted by Gasteiger charge is -2.15. The van der Waals surface area contributed by atoms with Crippen molar-refractivity contribution in [2.45, 2.75) is 13.8 Å². The van der Waals surface area contributed by atoms with E-state index in [0.717, 1.165) is 0 Å². The first kappa shape index (κ1) is 23.9. The van der Waals surface area contributed by atoms with E-state index in [9.17, 15) is 9.59 Å². The van der Waals surface area contributed by atoms with E-state index in [1.54, 1.807) is 56.4 Å². The largest absolute Gasteiger partial charge is 0.422 e. The van der Waals surface area contributed by atoms with Gasteiger partial charge in [0.25, 0.3) is 0 Å². The molecule has 0 bridgehead atoms. The van der Waals surface area contributed by atoms with Crippen LogP contribution in [0.15, 0.2) is 64.3 Å². The zero-order valence-electron chi connectivity index (χ0n) is 17.0. The van der Waals surface area contributed by atoms with E-state index in [1.165, 1.54) is 18.5 Å².